The van der Waals surface area contributed by atoms with E-state index in [1.54, 1.807) is 0 Å². The maximum atomic E-state index is 10.7. The Kier molecular flexibility index (Phi) is 2.69. The predicted octanol–water partition coefficient (Wildman–Crippen LogP) is 1.58. The largest absolute Gasteiger partial charge is 0.502 e. The Hall–Kier alpha value is -2.13. The highest BCUT2D eigenvalue weighted by Crippen LogP contribution is 2.44. The van der Waals surface area contributed by atoms with Gasteiger partial charge in [0.15, 0.2) is 5.75 Å². The van der Waals surface area contributed by atoms with E-state index in [1.165, 1.54) is 6.07 Å². The standard InChI is InChI=1S/C11H11N3O3/c12-5-6-3-8(10(13)7-1-2-7)11(15)9(4-6)14(16)17/h3-4,7,10,15H,1-2,13H2/t10-/m0/s1. The number of rotatable bonds is 3. The number of aromatic hydroxyl groups is 1. The van der Waals surface area contributed by atoms with E-state index in [1.807, 2.05) is 6.07 Å². The number of nitrogens with zero attached hydrogens (tertiary/aromatic N) is 2. The molecule has 0 saturated heterocycles. The molecule has 0 spiro atoms. The molecule has 88 valence electrons. The van der Waals surface area contributed by atoms with Gasteiger partial charge >= 0.3 is 5.69 Å². The maximum Gasteiger partial charge on any atom is 0.312 e. The Labute approximate surface area is 97.4 Å². The SMILES string of the molecule is N#Cc1cc([C@@H](N)C2CC2)c(O)c([N+](=O)[O-])c1. The number of nitriles is 1. The van der Waals surface area contributed by atoms with Crippen LogP contribution in [0.2, 0.25) is 0 Å². The fourth-order valence-electron chi connectivity index (χ4n) is 1.81. The minimum atomic E-state index is -0.709. The molecule has 17 heavy (non-hydrogen) atoms. The van der Waals surface area contributed by atoms with Crippen LogP contribution >= 0.6 is 0 Å². The van der Waals surface area contributed by atoms with Crippen molar-refractivity contribution in [3.63, 3.8) is 0 Å². The molecule has 0 aromatic heterocycles. The lowest BCUT2D eigenvalue weighted by Crippen LogP contribution is -2.13. The third-order valence-electron chi connectivity index (χ3n) is 2.93. The summed E-state index contributed by atoms with van der Waals surface area (Å²) in [6, 6.07) is 3.87. The molecular weight excluding hydrogens is 222 g/mol. The summed E-state index contributed by atoms with van der Waals surface area (Å²) in [7, 11) is 0. The van der Waals surface area contributed by atoms with E-state index in [9.17, 15) is 15.2 Å². The summed E-state index contributed by atoms with van der Waals surface area (Å²) in [4.78, 5) is 10.0. The van der Waals surface area contributed by atoms with Crippen molar-refractivity contribution < 1.29 is 10.0 Å². The van der Waals surface area contributed by atoms with E-state index in [2.05, 4.69) is 0 Å². The van der Waals surface area contributed by atoms with Crippen LogP contribution < -0.4 is 5.73 Å². The molecule has 1 atom stereocenters. The molecule has 1 aromatic carbocycles. The second-order valence-corrected chi connectivity index (χ2v) is 4.17. The molecule has 0 unspecified atom stereocenters. The third kappa shape index (κ3) is 2.05. The fourth-order valence-corrected chi connectivity index (χ4v) is 1.81. The van der Waals surface area contributed by atoms with Gasteiger partial charge in [0, 0.05) is 17.7 Å². The first-order chi connectivity index (χ1) is 8.04. The molecule has 0 heterocycles. The van der Waals surface area contributed by atoms with Crippen molar-refractivity contribution in [3.8, 4) is 11.8 Å². The number of nitro benzene ring substituents is 1. The molecule has 1 fully saturated rings. The van der Waals surface area contributed by atoms with Gasteiger partial charge in [0.1, 0.15) is 0 Å². The minimum absolute atomic E-state index is 0.139. The highest BCUT2D eigenvalue weighted by Gasteiger charge is 2.33. The van der Waals surface area contributed by atoms with Crippen LogP contribution in [0.3, 0.4) is 0 Å². The highest BCUT2D eigenvalue weighted by atomic mass is 16.6. The molecule has 6 heteroatoms. The summed E-state index contributed by atoms with van der Waals surface area (Å²) in [5, 5.41) is 29.3. The molecule has 0 aliphatic heterocycles. The zero-order chi connectivity index (χ0) is 12.6. The van der Waals surface area contributed by atoms with Gasteiger partial charge in [-0.05, 0) is 24.8 Å². The van der Waals surface area contributed by atoms with E-state index in [0.717, 1.165) is 18.9 Å². The number of nitrogens with two attached hydrogens (primary N) is 1. The van der Waals surface area contributed by atoms with Crippen molar-refractivity contribution in [2.75, 3.05) is 0 Å². The van der Waals surface area contributed by atoms with Crippen LogP contribution in [0, 0.1) is 27.4 Å². The smallest absolute Gasteiger partial charge is 0.312 e. The second kappa shape index (κ2) is 4.03. The van der Waals surface area contributed by atoms with Crippen molar-refractivity contribution in [1.29, 1.82) is 5.26 Å². The summed E-state index contributed by atoms with van der Waals surface area (Å²) in [6.07, 6.45) is 1.90. The first-order valence-electron chi connectivity index (χ1n) is 5.21. The van der Waals surface area contributed by atoms with Gasteiger partial charge in [-0.25, -0.2) is 0 Å². The van der Waals surface area contributed by atoms with Gasteiger partial charge in [0.25, 0.3) is 0 Å². The van der Waals surface area contributed by atoms with Crippen LogP contribution in [0.1, 0.15) is 30.0 Å². The predicted molar refractivity (Wildman–Crippen MR) is 59.1 cm³/mol. The lowest BCUT2D eigenvalue weighted by molar-refractivity contribution is -0.386. The molecule has 6 nitrogen and oxygen atoms in total. The van der Waals surface area contributed by atoms with E-state index >= 15 is 0 Å². The van der Waals surface area contributed by atoms with E-state index < -0.39 is 22.4 Å². The van der Waals surface area contributed by atoms with Crippen LogP contribution in [0.15, 0.2) is 12.1 Å². The average molecular weight is 233 g/mol. The Balaban J connectivity index is 2.53. The van der Waals surface area contributed by atoms with Crippen molar-refractivity contribution in [3.05, 3.63) is 33.4 Å². The average Bonchev–Trinajstić information content (AvgIpc) is 3.12. The Morgan fingerprint density at radius 3 is 2.71 bits per heavy atom. The molecule has 0 bridgehead atoms. The van der Waals surface area contributed by atoms with E-state index in [4.69, 9.17) is 11.0 Å². The third-order valence-corrected chi connectivity index (χ3v) is 2.93. The molecule has 1 aromatic rings. The number of benzene rings is 1. The normalized spacial score (nSPS) is 16.2. The summed E-state index contributed by atoms with van der Waals surface area (Å²) in [5.74, 6) is -0.178. The van der Waals surface area contributed by atoms with Crippen molar-refractivity contribution in [1.82, 2.24) is 0 Å². The molecule has 3 N–H and O–H groups in total. The van der Waals surface area contributed by atoms with Gasteiger partial charge in [-0.3, -0.25) is 10.1 Å². The lowest BCUT2D eigenvalue weighted by atomic mass is 9.99. The summed E-state index contributed by atoms with van der Waals surface area (Å²) < 4.78 is 0. The second-order valence-electron chi connectivity index (χ2n) is 4.17. The zero-order valence-electron chi connectivity index (χ0n) is 8.96. The van der Waals surface area contributed by atoms with Crippen LogP contribution in [0.25, 0.3) is 0 Å². The number of phenols is 1. The summed E-state index contributed by atoms with van der Waals surface area (Å²) >= 11 is 0. The number of nitro groups is 1. The number of hydrogen-bond acceptors (Lipinski definition) is 5. The lowest BCUT2D eigenvalue weighted by Gasteiger charge is -2.12. The number of hydrogen-bond donors (Lipinski definition) is 2. The zero-order valence-corrected chi connectivity index (χ0v) is 8.96. The van der Waals surface area contributed by atoms with Crippen LogP contribution in [-0.4, -0.2) is 10.0 Å². The maximum absolute atomic E-state index is 10.7. The summed E-state index contributed by atoms with van der Waals surface area (Å²) in [5.41, 5.74) is 5.87. The molecule has 1 aliphatic rings. The Morgan fingerprint density at radius 2 is 2.24 bits per heavy atom. The van der Waals surface area contributed by atoms with Gasteiger partial charge in [-0.1, -0.05) is 0 Å². The van der Waals surface area contributed by atoms with Crippen LogP contribution in [0.4, 0.5) is 5.69 Å². The van der Waals surface area contributed by atoms with E-state index in [-0.39, 0.29) is 11.5 Å². The van der Waals surface area contributed by atoms with Crippen LogP contribution in [-0.2, 0) is 0 Å². The van der Waals surface area contributed by atoms with Gasteiger partial charge < -0.3 is 10.8 Å². The van der Waals surface area contributed by atoms with Gasteiger partial charge in [-0.15, -0.1) is 0 Å². The van der Waals surface area contributed by atoms with Gasteiger partial charge in [0.2, 0.25) is 0 Å². The molecular formula is C11H11N3O3. The quantitative estimate of drug-likeness (QED) is 0.607. The van der Waals surface area contributed by atoms with Crippen molar-refractivity contribution in [2.24, 2.45) is 11.7 Å². The summed E-state index contributed by atoms with van der Waals surface area (Å²) in [6.45, 7) is 0. The highest BCUT2D eigenvalue weighted by molar-refractivity contribution is 5.57. The minimum Gasteiger partial charge on any atom is -0.502 e. The molecule has 0 radical (unpaired) electrons. The number of phenolic OH excluding ortho intramolecular Hbond substituents is 1. The first-order valence-corrected chi connectivity index (χ1v) is 5.21. The molecule has 0 amide bonds. The fraction of sp³-hybridized carbons (Fsp3) is 0.364. The van der Waals surface area contributed by atoms with E-state index in [0.29, 0.717) is 5.56 Å². The van der Waals surface area contributed by atoms with Gasteiger partial charge in [0.05, 0.1) is 16.6 Å². The van der Waals surface area contributed by atoms with Gasteiger partial charge in [-0.2, -0.15) is 5.26 Å². The monoisotopic (exact) mass is 233 g/mol. The Morgan fingerprint density at radius 1 is 1.59 bits per heavy atom. The first kappa shape index (κ1) is 11.4. The molecule has 1 saturated carbocycles. The molecule has 1 aliphatic carbocycles. The topological polar surface area (TPSA) is 113 Å². The van der Waals surface area contributed by atoms with Crippen molar-refractivity contribution >= 4 is 5.69 Å². The van der Waals surface area contributed by atoms with Crippen molar-refractivity contribution in [2.45, 2.75) is 18.9 Å². The van der Waals surface area contributed by atoms with Crippen LogP contribution in [0.5, 0.6) is 5.75 Å². The Bertz CT molecular complexity index is 517. The molecule has 2 rings (SSSR count).